The Kier molecular flexibility index (Phi) is 1.79. The molecule has 0 bridgehead atoms. The minimum Gasteiger partial charge on any atom is -0.353 e. The van der Waals surface area contributed by atoms with Crippen LogP contribution in [0.5, 0.6) is 0 Å². The Morgan fingerprint density at radius 3 is 2.43 bits per heavy atom. The van der Waals surface area contributed by atoms with Gasteiger partial charge in [-0.1, -0.05) is 0 Å². The van der Waals surface area contributed by atoms with E-state index in [0.717, 1.165) is 23.5 Å². The van der Waals surface area contributed by atoms with Gasteiger partial charge in [0.15, 0.2) is 0 Å². The summed E-state index contributed by atoms with van der Waals surface area (Å²) in [5.41, 5.74) is 1.14. The molecule has 2 aliphatic rings. The van der Waals surface area contributed by atoms with Gasteiger partial charge in [-0.15, -0.1) is 0 Å². The lowest BCUT2D eigenvalue weighted by Gasteiger charge is -2.16. The van der Waals surface area contributed by atoms with Crippen LogP contribution in [0, 0.1) is 18.8 Å². The maximum atomic E-state index is 4.31. The fraction of sp³-hybridized carbons (Fsp3) is 0.727. The molecule has 2 aliphatic carbocycles. The molecule has 0 atom stereocenters. The quantitative estimate of drug-likeness (QED) is 0.766. The number of aromatic nitrogens is 2. The number of hydrogen-bond acceptors (Lipinski definition) is 2. The maximum Gasteiger partial charge on any atom is 0.200 e. The van der Waals surface area contributed by atoms with Crippen molar-refractivity contribution in [3.05, 3.63) is 11.9 Å². The highest BCUT2D eigenvalue weighted by molar-refractivity contribution is 5.29. The maximum absolute atomic E-state index is 4.31. The minimum atomic E-state index is 0.695. The lowest BCUT2D eigenvalue weighted by Crippen LogP contribution is -2.24. The monoisotopic (exact) mass is 191 g/mol. The number of H-pyrrole nitrogens is 1. The standard InChI is InChI=1S/C11H17N3/c1-7-6-12-11(13-7)14-10(8-2-3-8)9-4-5-9/h6,8-10H,2-5H2,1H3,(H2,12,13,14). The number of aryl methyl sites for hydroxylation is 1. The molecule has 1 aromatic heterocycles. The molecule has 76 valence electrons. The summed E-state index contributed by atoms with van der Waals surface area (Å²) in [7, 11) is 0. The average Bonchev–Trinajstić information content (AvgIpc) is 3.04. The Labute approximate surface area is 84.3 Å². The van der Waals surface area contributed by atoms with Crippen LogP contribution in [0.1, 0.15) is 31.4 Å². The Morgan fingerprint density at radius 2 is 2.00 bits per heavy atom. The summed E-state index contributed by atoms with van der Waals surface area (Å²) in [4.78, 5) is 7.56. The van der Waals surface area contributed by atoms with E-state index < -0.39 is 0 Å². The predicted octanol–water partition coefficient (Wildman–Crippen LogP) is 2.32. The van der Waals surface area contributed by atoms with E-state index in [9.17, 15) is 0 Å². The molecule has 2 N–H and O–H groups in total. The van der Waals surface area contributed by atoms with Gasteiger partial charge in [0.05, 0.1) is 0 Å². The van der Waals surface area contributed by atoms with Crippen LogP contribution >= 0.6 is 0 Å². The van der Waals surface area contributed by atoms with Crippen molar-refractivity contribution in [1.82, 2.24) is 9.97 Å². The van der Waals surface area contributed by atoms with Crippen LogP contribution in [-0.2, 0) is 0 Å². The summed E-state index contributed by atoms with van der Waals surface area (Å²) in [5, 5.41) is 3.56. The van der Waals surface area contributed by atoms with Crippen molar-refractivity contribution in [2.75, 3.05) is 5.32 Å². The molecule has 3 rings (SSSR count). The number of rotatable bonds is 4. The molecule has 0 amide bonds. The number of imidazole rings is 1. The summed E-state index contributed by atoms with van der Waals surface area (Å²) in [6, 6.07) is 0.695. The van der Waals surface area contributed by atoms with Gasteiger partial charge in [-0.2, -0.15) is 0 Å². The molecule has 3 heteroatoms. The number of nitrogens with zero attached hydrogens (tertiary/aromatic N) is 1. The van der Waals surface area contributed by atoms with Crippen LogP contribution in [0.4, 0.5) is 5.95 Å². The van der Waals surface area contributed by atoms with Gasteiger partial charge in [0, 0.05) is 17.9 Å². The van der Waals surface area contributed by atoms with Crippen molar-refractivity contribution in [1.29, 1.82) is 0 Å². The highest BCUT2D eigenvalue weighted by Crippen LogP contribution is 2.45. The summed E-state index contributed by atoms with van der Waals surface area (Å²) in [6.07, 6.45) is 7.53. The molecule has 0 radical (unpaired) electrons. The van der Waals surface area contributed by atoms with E-state index in [1.807, 2.05) is 13.1 Å². The Balaban J connectivity index is 1.68. The van der Waals surface area contributed by atoms with Gasteiger partial charge in [-0.3, -0.25) is 0 Å². The van der Waals surface area contributed by atoms with Crippen LogP contribution in [-0.4, -0.2) is 16.0 Å². The molecule has 0 unspecified atom stereocenters. The third-order valence-corrected chi connectivity index (χ3v) is 3.27. The smallest absolute Gasteiger partial charge is 0.200 e. The molecule has 14 heavy (non-hydrogen) atoms. The Bertz CT molecular complexity index is 311. The number of aromatic amines is 1. The third kappa shape index (κ3) is 1.63. The van der Waals surface area contributed by atoms with Crippen molar-refractivity contribution in [2.24, 2.45) is 11.8 Å². The first-order valence-corrected chi connectivity index (χ1v) is 5.61. The predicted molar refractivity (Wildman–Crippen MR) is 56.2 cm³/mol. The zero-order valence-electron chi connectivity index (χ0n) is 8.59. The zero-order valence-corrected chi connectivity index (χ0v) is 8.59. The van der Waals surface area contributed by atoms with E-state index in [0.29, 0.717) is 6.04 Å². The van der Waals surface area contributed by atoms with Gasteiger partial charge < -0.3 is 10.3 Å². The first-order valence-electron chi connectivity index (χ1n) is 5.61. The molecule has 0 saturated heterocycles. The van der Waals surface area contributed by atoms with Crippen molar-refractivity contribution in [3.8, 4) is 0 Å². The van der Waals surface area contributed by atoms with Crippen LogP contribution in [0.25, 0.3) is 0 Å². The fourth-order valence-electron chi connectivity index (χ4n) is 2.18. The zero-order chi connectivity index (χ0) is 9.54. The van der Waals surface area contributed by atoms with Crippen LogP contribution < -0.4 is 5.32 Å². The minimum absolute atomic E-state index is 0.695. The topological polar surface area (TPSA) is 40.7 Å². The van der Waals surface area contributed by atoms with Crippen molar-refractivity contribution >= 4 is 5.95 Å². The third-order valence-electron chi connectivity index (χ3n) is 3.27. The van der Waals surface area contributed by atoms with Crippen LogP contribution in [0.2, 0.25) is 0 Å². The summed E-state index contributed by atoms with van der Waals surface area (Å²) in [5.74, 6) is 2.81. The number of nitrogens with one attached hydrogen (secondary N) is 2. The molecule has 3 nitrogen and oxygen atoms in total. The average molecular weight is 191 g/mol. The van der Waals surface area contributed by atoms with Crippen LogP contribution in [0.15, 0.2) is 6.20 Å². The highest BCUT2D eigenvalue weighted by atomic mass is 15.1. The molecule has 0 aliphatic heterocycles. The molecule has 2 saturated carbocycles. The Morgan fingerprint density at radius 1 is 1.36 bits per heavy atom. The second kappa shape index (κ2) is 3.01. The molecule has 2 fully saturated rings. The van der Waals surface area contributed by atoms with E-state index in [-0.39, 0.29) is 0 Å². The van der Waals surface area contributed by atoms with Gasteiger partial charge in [0.1, 0.15) is 0 Å². The van der Waals surface area contributed by atoms with Crippen molar-refractivity contribution in [2.45, 2.75) is 38.6 Å². The van der Waals surface area contributed by atoms with Crippen molar-refractivity contribution in [3.63, 3.8) is 0 Å². The SMILES string of the molecule is Cc1cnc(NC(C2CC2)C2CC2)[nH]1. The molecular weight excluding hydrogens is 174 g/mol. The highest BCUT2D eigenvalue weighted by Gasteiger charge is 2.41. The first kappa shape index (κ1) is 8.33. The molecule has 1 heterocycles. The van der Waals surface area contributed by atoms with E-state index in [4.69, 9.17) is 0 Å². The molecule has 0 spiro atoms. The normalized spacial score (nSPS) is 21.6. The van der Waals surface area contributed by atoms with E-state index in [1.165, 1.54) is 25.7 Å². The number of hydrogen-bond donors (Lipinski definition) is 2. The lowest BCUT2D eigenvalue weighted by atomic mass is 10.1. The van der Waals surface area contributed by atoms with Crippen LogP contribution in [0.3, 0.4) is 0 Å². The molecule has 1 aromatic rings. The molecule has 0 aromatic carbocycles. The molecular formula is C11H17N3. The second-order valence-corrected chi connectivity index (χ2v) is 4.76. The lowest BCUT2D eigenvalue weighted by molar-refractivity contribution is 0.564. The van der Waals surface area contributed by atoms with Gasteiger partial charge in [-0.05, 0) is 44.4 Å². The van der Waals surface area contributed by atoms with Crippen molar-refractivity contribution < 1.29 is 0 Å². The van der Waals surface area contributed by atoms with Gasteiger partial charge in [-0.25, -0.2) is 4.98 Å². The van der Waals surface area contributed by atoms with Gasteiger partial charge in [0.2, 0.25) is 5.95 Å². The number of anilines is 1. The summed E-state index contributed by atoms with van der Waals surface area (Å²) >= 11 is 0. The largest absolute Gasteiger partial charge is 0.353 e. The van der Waals surface area contributed by atoms with E-state index >= 15 is 0 Å². The summed E-state index contributed by atoms with van der Waals surface area (Å²) < 4.78 is 0. The Hall–Kier alpha value is -0.990. The summed E-state index contributed by atoms with van der Waals surface area (Å²) in [6.45, 7) is 2.04. The van der Waals surface area contributed by atoms with E-state index in [2.05, 4.69) is 15.3 Å². The second-order valence-electron chi connectivity index (χ2n) is 4.76. The fourth-order valence-corrected chi connectivity index (χ4v) is 2.18. The van der Waals surface area contributed by atoms with E-state index in [1.54, 1.807) is 0 Å². The first-order chi connectivity index (χ1) is 6.83. The van der Waals surface area contributed by atoms with Gasteiger partial charge in [0.25, 0.3) is 0 Å². The van der Waals surface area contributed by atoms with Gasteiger partial charge >= 0.3 is 0 Å².